The van der Waals surface area contributed by atoms with Gasteiger partial charge in [-0.1, -0.05) is 22.2 Å². The van der Waals surface area contributed by atoms with E-state index >= 15 is 0 Å². The van der Waals surface area contributed by atoms with Crippen LogP contribution in [0.2, 0.25) is 0 Å². The zero-order valence-corrected chi connectivity index (χ0v) is 14.7. The van der Waals surface area contributed by atoms with Crippen LogP contribution in [0.15, 0.2) is 24.3 Å². The highest BCUT2D eigenvalue weighted by molar-refractivity contribution is 7.99. The fourth-order valence-corrected chi connectivity index (χ4v) is 3.72. The summed E-state index contributed by atoms with van der Waals surface area (Å²) in [6, 6.07) is 7.94. The fourth-order valence-electron chi connectivity index (χ4n) is 2.15. The summed E-state index contributed by atoms with van der Waals surface area (Å²) in [5.74, 6) is -0.0853. The molecule has 8 heteroatoms. The van der Waals surface area contributed by atoms with Crippen LogP contribution in [0.3, 0.4) is 0 Å². The van der Waals surface area contributed by atoms with Crippen molar-refractivity contribution in [3.63, 3.8) is 0 Å². The molecule has 0 aliphatic carbocycles. The molecule has 0 atom stereocenters. The molecule has 1 aromatic heterocycles. The number of anilines is 1. The second kappa shape index (κ2) is 7.39. The Hall–Kier alpha value is -1.48. The van der Waals surface area contributed by atoms with Crippen LogP contribution in [0, 0.1) is 13.8 Å². The van der Waals surface area contributed by atoms with E-state index in [0.717, 1.165) is 35.9 Å². The van der Waals surface area contributed by atoms with E-state index in [1.807, 2.05) is 38.1 Å². The molecule has 0 spiro atoms. The van der Waals surface area contributed by atoms with E-state index in [4.69, 9.17) is 4.74 Å². The van der Waals surface area contributed by atoms with Gasteiger partial charge in [-0.05, 0) is 37.5 Å². The van der Waals surface area contributed by atoms with Crippen molar-refractivity contribution in [2.24, 2.45) is 0 Å². The molecule has 122 valence electrons. The molecule has 23 heavy (non-hydrogen) atoms. The Labute approximate surface area is 143 Å². The lowest BCUT2D eigenvalue weighted by Gasteiger charge is -2.30. The van der Waals surface area contributed by atoms with Crippen molar-refractivity contribution < 1.29 is 9.53 Å². The minimum Gasteiger partial charge on any atom is -0.379 e. The van der Waals surface area contributed by atoms with Gasteiger partial charge in [0.2, 0.25) is 0 Å². The van der Waals surface area contributed by atoms with E-state index in [-0.39, 0.29) is 5.91 Å². The number of amides is 1. The monoisotopic (exact) mass is 350 g/mol. The summed E-state index contributed by atoms with van der Waals surface area (Å²) < 4.78 is 13.1. The highest BCUT2D eigenvalue weighted by atomic mass is 32.2. The predicted octanol–water partition coefficient (Wildman–Crippen LogP) is 2.70. The van der Waals surface area contributed by atoms with Crippen LogP contribution < -0.4 is 4.31 Å². The summed E-state index contributed by atoms with van der Waals surface area (Å²) >= 11 is 2.56. The smallest absolute Gasteiger partial charge is 0.283 e. The van der Waals surface area contributed by atoms with Gasteiger partial charge in [-0.15, -0.1) is 5.10 Å². The number of carbonyl (C=O) groups excluding carboxylic acids is 1. The molecule has 3 rings (SSSR count). The number of aryl methyl sites for hydroxylation is 2. The summed E-state index contributed by atoms with van der Waals surface area (Å²) in [6.45, 7) is 6.79. The van der Waals surface area contributed by atoms with Crippen molar-refractivity contribution in [3.05, 3.63) is 40.4 Å². The van der Waals surface area contributed by atoms with Crippen LogP contribution in [0.4, 0.5) is 5.69 Å². The minimum absolute atomic E-state index is 0.0853. The maximum Gasteiger partial charge on any atom is 0.283 e. The third-order valence-corrected chi connectivity index (χ3v) is 5.42. The lowest BCUT2D eigenvalue weighted by Crippen LogP contribution is -2.36. The summed E-state index contributed by atoms with van der Waals surface area (Å²) in [6.07, 6.45) is 0. The van der Waals surface area contributed by atoms with Crippen molar-refractivity contribution in [3.8, 4) is 0 Å². The van der Waals surface area contributed by atoms with Gasteiger partial charge in [0.05, 0.1) is 24.6 Å². The summed E-state index contributed by atoms with van der Waals surface area (Å²) in [5, 5.41) is 3.95. The average Bonchev–Trinajstić information content (AvgIpc) is 3.00. The molecule has 0 saturated carbocycles. The van der Waals surface area contributed by atoms with E-state index in [1.54, 1.807) is 4.31 Å². The molecule has 1 fully saturated rings. The van der Waals surface area contributed by atoms with Crippen LogP contribution >= 0.6 is 23.7 Å². The van der Waals surface area contributed by atoms with Gasteiger partial charge in [0, 0.05) is 25.2 Å². The normalized spacial score (nSPS) is 15.6. The lowest BCUT2D eigenvalue weighted by molar-refractivity contribution is 0.0769. The first-order valence-corrected chi connectivity index (χ1v) is 8.86. The number of rotatable bonds is 4. The van der Waals surface area contributed by atoms with Crippen molar-refractivity contribution in [2.75, 3.05) is 30.6 Å². The third kappa shape index (κ3) is 3.89. The number of morpholine rings is 1. The molecule has 1 aromatic carbocycles. The molecule has 2 aromatic rings. The van der Waals surface area contributed by atoms with Gasteiger partial charge in [0.25, 0.3) is 5.91 Å². The Morgan fingerprint density at radius 1 is 1.26 bits per heavy atom. The quantitative estimate of drug-likeness (QED) is 0.790. The first-order valence-electron chi connectivity index (χ1n) is 7.36. The first kappa shape index (κ1) is 16.4. The second-order valence-electron chi connectivity index (χ2n) is 5.25. The molecular weight excluding hydrogens is 332 g/mol. The summed E-state index contributed by atoms with van der Waals surface area (Å²) in [5.41, 5.74) is 2.68. The number of benzene rings is 1. The number of ether oxygens (including phenoxy) is 1. The van der Waals surface area contributed by atoms with Crippen LogP contribution in [0.5, 0.6) is 0 Å². The van der Waals surface area contributed by atoms with Gasteiger partial charge >= 0.3 is 0 Å². The Morgan fingerprint density at radius 3 is 2.57 bits per heavy atom. The SMILES string of the molecule is Cc1ccc(N(SN2CCOCC2)C(=O)c2snnc2C)cc1. The Bertz CT molecular complexity index is 668. The topological polar surface area (TPSA) is 58.6 Å². The van der Waals surface area contributed by atoms with Crippen LogP contribution in [-0.4, -0.2) is 46.1 Å². The number of aromatic nitrogens is 2. The van der Waals surface area contributed by atoms with Crippen molar-refractivity contribution in [1.29, 1.82) is 0 Å². The standard InChI is InChI=1S/C15H18N4O2S2/c1-11-3-5-13(6-4-11)19(23-18-7-9-21-10-8-18)15(20)14-12(2)16-17-22-14/h3-6H,7-10H2,1-2H3. The predicted molar refractivity (Wildman–Crippen MR) is 92.6 cm³/mol. The average molecular weight is 350 g/mol. The molecule has 1 aliphatic heterocycles. The molecule has 2 heterocycles. The molecule has 1 amide bonds. The van der Waals surface area contributed by atoms with Crippen molar-refractivity contribution >= 4 is 35.3 Å². The van der Waals surface area contributed by atoms with Crippen molar-refractivity contribution in [1.82, 2.24) is 13.9 Å². The molecule has 1 saturated heterocycles. The molecule has 1 aliphatic rings. The highest BCUT2D eigenvalue weighted by Gasteiger charge is 2.26. The van der Waals surface area contributed by atoms with Gasteiger partial charge in [0.1, 0.15) is 4.88 Å². The summed E-state index contributed by atoms with van der Waals surface area (Å²) in [4.78, 5) is 13.5. The van der Waals surface area contributed by atoms with E-state index in [0.29, 0.717) is 23.8 Å². The lowest BCUT2D eigenvalue weighted by atomic mass is 10.2. The van der Waals surface area contributed by atoms with Gasteiger partial charge in [-0.2, -0.15) is 0 Å². The maximum atomic E-state index is 13.0. The van der Waals surface area contributed by atoms with Crippen LogP contribution in [0.1, 0.15) is 20.9 Å². The zero-order chi connectivity index (χ0) is 16.2. The Balaban J connectivity index is 1.87. The molecule has 0 N–H and O–H groups in total. The number of hydrogen-bond acceptors (Lipinski definition) is 7. The maximum absolute atomic E-state index is 13.0. The number of hydrogen-bond donors (Lipinski definition) is 0. The van der Waals surface area contributed by atoms with Crippen molar-refractivity contribution in [2.45, 2.75) is 13.8 Å². The van der Waals surface area contributed by atoms with Gasteiger partial charge in [0.15, 0.2) is 0 Å². The van der Waals surface area contributed by atoms with E-state index in [2.05, 4.69) is 13.9 Å². The molecular formula is C15H18N4O2S2. The van der Waals surface area contributed by atoms with E-state index in [1.165, 1.54) is 12.1 Å². The van der Waals surface area contributed by atoms with Gasteiger partial charge in [-0.25, -0.2) is 8.61 Å². The van der Waals surface area contributed by atoms with Gasteiger partial charge < -0.3 is 4.74 Å². The second-order valence-corrected chi connectivity index (χ2v) is 7.04. The van der Waals surface area contributed by atoms with E-state index in [9.17, 15) is 4.79 Å². The largest absolute Gasteiger partial charge is 0.379 e. The number of carbonyl (C=O) groups is 1. The Kier molecular flexibility index (Phi) is 5.27. The molecule has 0 radical (unpaired) electrons. The number of nitrogens with zero attached hydrogens (tertiary/aromatic N) is 4. The molecule has 0 bridgehead atoms. The van der Waals surface area contributed by atoms with Crippen LogP contribution in [-0.2, 0) is 4.74 Å². The first-order chi connectivity index (χ1) is 11.1. The minimum atomic E-state index is -0.0853. The molecule has 0 unspecified atom stereocenters. The third-order valence-electron chi connectivity index (χ3n) is 3.47. The Morgan fingerprint density at radius 2 is 1.96 bits per heavy atom. The summed E-state index contributed by atoms with van der Waals surface area (Å²) in [7, 11) is 0. The van der Waals surface area contributed by atoms with Crippen LogP contribution in [0.25, 0.3) is 0 Å². The van der Waals surface area contributed by atoms with Gasteiger partial charge in [-0.3, -0.25) is 4.79 Å². The zero-order valence-electron chi connectivity index (χ0n) is 13.1. The van der Waals surface area contributed by atoms with E-state index < -0.39 is 0 Å². The highest BCUT2D eigenvalue weighted by Crippen LogP contribution is 2.29. The molecule has 6 nitrogen and oxygen atoms in total. The fraction of sp³-hybridized carbons (Fsp3) is 0.400.